The number of sulfonamides is 1. The molecule has 2 aromatic rings. The molecular weight excluding hydrogens is 432 g/mol. The molecule has 0 spiro atoms. The van der Waals surface area contributed by atoms with Gasteiger partial charge in [-0.05, 0) is 69.4 Å². The van der Waals surface area contributed by atoms with Crippen molar-refractivity contribution in [3.05, 3.63) is 58.1 Å². The zero-order chi connectivity index (χ0) is 22.4. The van der Waals surface area contributed by atoms with E-state index in [1.807, 2.05) is 19.0 Å². The molecule has 0 heterocycles. The van der Waals surface area contributed by atoms with Gasteiger partial charge in [-0.2, -0.15) is 8.42 Å². The number of ketones is 2. The highest BCUT2D eigenvalue weighted by Crippen LogP contribution is 2.34. The molecule has 0 unspecified atom stereocenters. The summed E-state index contributed by atoms with van der Waals surface area (Å²) in [7, 11) is -5.11. The van der Waals surface area contributed by atoms with E-state index in [9.17, 15) is 31.0 Å². The monoisotopic (exact) mass is 452 g/mol. The quantitative estimate of drug-likeness (QED) is 0.522. The van der Waals surface area contributed by atoms with E-state index in [0.29, 0.717) is 13.0 Å². The van der Waals surface area contributed by atoms with Gasteiger partial charge in [-0.3, -0.25) is 14.1 Å². The van der Waals surface area contributed by atoms with Gasteiger partial charge in [0.05, 0.1) is 9.79 Å². The van der Waals surface area contributed by atoms with Crippen LogP contribution in [0, 0.1) is 0 Å². The normalized spacial score (nSPS) is 14.0. The van der Waals surface area contributed by atoms with E-state index in [1.165, 1.54) is 12.1 Å². The summed E-state index contributed by atoms with van der Waals surface area (Å²) in [5.74, 6) is -1.24. The van der Waals surface area contributed by atoms with Gasteiger partial charge in [0.15, 0.2) is 11.6 Å². The standard InChI is InChI=1S/C19H20N2O7S2/c1-21(2)9-3-4-13-16(29(20,24)25)8-7-14-17(13)19(23)15-10-11(30(26,27)28)5-6-12(15)18(14)22/h5-8,10H,3-4,9H2,1-2H3,(H2,20,24,25)(H,26,27,28). The Kier molecular flexibility index (Phi) is 5.69. The lowest BCUT2D eigenvalue weighted by molar-refractivity contribution is 0.0977. The fourth-order valence-corrected chi connectivity index (χ4v) is 4.83. The number of rotatable bonds is 6. The molecule has 0 fully saturated rings. The fraction of sp³-hybridized carbons (Fsp3) is 0.263. The zero-order valence-electron chi connectivity index (χ0n) is 16.2. The number of hydrogen-bond donors (Lipinski definition) is 2. The van der Waals surface area contributed by atoms with Crippen molar-refractivity contribution in [2.24, 2.45) is 5.14 Å². The molecule has 3 rings (SSSR count). The second-order valence-corrected chi connectivity index (χ2v) is 10.2. The first-order chi connectivity index (χ1) is 13.8. The number of benzene rings is 2. The van der Waals surface area contributed by atoms with Crippen molar-refractivity contribution in [3.63, 3.8) is 0 Å². The molecule has 0 bridgehead atoms. The molecule has 0 aromatic heterocycles. The largest absolute Gasteiger partial charge is 0.309 e. The molecule has 0 atom stereocenters. The highest BCUT2D eigenvalue weighted by atomic mass is 32.2. The average molecular weight is 453 g/mol. The molecule has 30 heavy (non-hydrogen) atoms. The van der Waals surface area contributed by atoms with Crippen LogP contribution in [0.1, 0.15) is 43.8 Å². The van der Waals surface area contributed by atoms with E-state index in [4.69, 9.17) is 5.14 Å². The van der Waals surface area contributed by atoms with E-state index in [2.05, 4.69) is 0 Å². The van der Waals surface area contributed by atoms with E-state index in [-0.39, 0.29) is 39.1 Å². The van der Waals surface area contributed by atoms with Crippen LogP contribution in [0.2, 0.25) is 0 Å². The summed E-state index contributed by atoms with van der Waals surface area (Å²) in [5.41, 5.74) is -0.201. The molecule has 1 aliphatic carbocycles. The molecule has 0 radical (unpaired) electrons. The molecule has 0 amide bonds. The molecule has 3 N–H and O–H groups in total. The fourth-order valence-electron chi connectivity index (χ4n) is 3.51. The Morgan fingerprint density at radius 3 is 2.13 bits per heavy atom. The highest BCUT2D eigenvalue weighted by Gasteiger charge is 2.35. The number of hydrogen-bond acceptors (Lipinski definition) is 7. The molecule has 2 aromatic carbocycles. The zero-order valence-corrected chi connectivity index (χ0v) is 17.9. The van der Waals surface area contributed by atoms with Crippen LogP contribution < -0.4 is 5.14 Å². The first-order valence-electron chi connectivity index (χ1n) is 8.86. The van der Waals surface area contributed by atoms with Crippen molar-refractivity contribution in [1.82, 2.24) is 4.90 Å². The van der Waals surface area contributed by atoms with Crippen molar-refractivity contribution in [2.75, 3.05) is 20.6 Å². The van der Waals surface area contributed by atoms with E-state index < -0.39 is 36.6 Å². The Morgan fingerprint density at radius 2 is 1.57 bits per heavy atom. The summed E-state index contributed by atoms with van der Waals surface area (Å²) in [6.07, 6.45) is 0.658. The predicted octanol–water partition coefficient (Wildman–Crippen LogP) is 0.850. The number of carbonyl (C=O) groups excluding carboxylic acids is 2. The van der Waals surface area contributed by atoms with Crippen LogP contribution in [-0.2, 0) is 26.6 Å². The van der Waals surface area contributed by atoms with Crippen LogP contribution in [0.25, 0.3) is 0 Å². The second-order valence-electron chi connectivity index (χ2n) is 7.26. The van der Waals surface area contributed by atoms with Gasteiger partial charge in [-0.15, -0.1) is 0 Å². The van der Waals surface area contributed by atoms with Gasteiger partial charge in [-0.25, -0.2) is 13.6 Å². The van der Waals surface area contributed by atoms with Crippen LogP contribution in [0.4, 0.5) is 0 Å². The van der Waals surface area contributed by atoms with Crippen molar-refractivity contribution in [1.29, 1.82) is 0 Å². The molecule has 11 heteroatoms. The maximum absolute atomic E-state index is 13.3. The average Bonchev–Trinajstić information content (AvgIpc) is 2.63. The molecule has 160 valence electrons. The smallest absolute Gasteiger partial charge is 0.294 e. The van der Waals surface area contributed by atoms with Gasteiger partial charge in [0.25, 0.3) is 10.1 Å². The summed E-state index contributed by atoms with van der Waals surface area (Å²) in [5, 5.41) is 5.33. The summed E-state index contributed by atoms with van der Waals surface area (Å²) in [6, 6.07) is 5.55. The van der Waals surface area contributed by atoms with E-state index in [0.717, 1.165) is 18.2 Å². The minimum absolute atomic E-state index is 0.0255. The van der Waals surface area contributed by atoms with Crippen LogP contribution in [0.5, 0.6) is 0 Å². The van der Waals surface area contributed by atoms with Crippen molar-refractivity contribution in [2.45, 2.75) is 22.6 Å². The van der Waals surface area contributed by atoms with Gasteiger partial charge >= 0.3 is 0 Å². The number of nitrogens with two attached hydrogens (primary N) is 1. The lowest BCUT2D eigenvalue weighted by atomic mass is 9.81. The Morgan fingerprint density at radius 1 is 0.933 bits per heavy atom. The van der Waals surface area contributed by atoms with Gasteiger partial charge in [0.1, 0.15) is 0 Å². The summed E-state index contributed by atoms with van der Waals surface area (Å²) < 4.78 is 56.5. The summed E-state index contributed by atoms with van der Waals surface area (Å²) >= 11 is 0. The first-order valence-corrected chi connectivity index (χ1v) is 11.9. The van der Waals surface area contributed by atoms with E-state index >= 15 is 0 Å². The third-order valence-corrected chi connectivity index (χ3v) is 6.70. The third kappa shape index (κ3) is 4.07. The van der Waals surface area contributed by atoms with Crippen LogP contribution in [0.3, 0.4) is 0 Å². The Hall–Kier alpha value is -2.44. The SMILES string of the molecule is CN(C)CCCc1c(S(N)(=O)=O)ccc2c1C(=O)c1cc(S(=O)(=O)O)ccc1C2=O. The van der Waals surface area contributed by atoms with Crippen LogP contribution >= 0.6 is 0 Å². The predicted molar refractivity (Wildman–Crippen MR) is 108 cm³/mol. The van der Waals surface area contributed by atoms with Gasteiger partial charge in [0, 0.05) is 22.3 Å². The lowest BCUT2D eigenvalue weighted by Crippen LogP contribution is -2.26. The maximum Gasteiger partial charge on any atom is 0.294 e. The van der Waals surface area contributed by atoms with Crippen LogP contribution in [-0.4, -0.2) is 58.5 Å². The molecule has 0 aliphatic heterocycles. The van der Waals surface area contributed by atoms with E-state index in [1.54, 1.807) is 0 Å². The molecule has 0 saturated carbocycles. The summed E-state index contributed by atoms with van der Waals surface area (Å²) in [6.45, 7) is 0.597. The topological polar surface area (TPSA) is 152 Å². The second kappa shape index (κ2) is 7.67. The Balaban J connectivity index is 2.25. The minimum Gasteiger partial charge on any atom is -0.309 e. The maximum atomic E-state index is 13.3. The lowest BCUT2D eigenvalue weighted by Gasteiger charge is -2.22. The highest BCUT2D eigenvalue weighted by molar-refractivity contribution is 7.89. The number of fused-ring (bicyclic) bond motifs is 2. The molecule has 9 nitrogen and oxygen atoms in total. The van der Waals surface area contributed by atoms with Crippen LogP contribution in [0.15, 0.2) is 40.1 Å². The van der Waals surface area contributed by atoms with Gasteiger partial charge in [-0.1, -0.05) is 0 Å². The first kappa shape index (κ1) is 22.2. The molecule has 1 aliphatic rings. The Bertz CT molecular complexity index is 1280. The van der Waals surface area contributed by atoms with Gasteiger partial charge in [0.2, 0.25) is 10.0 Å². The molecule has 0 saturated heterocycles. The minimum atomic E-state index is -4.60. The summed E-state index contributed by atoms with van der Waals surface area (Å²) in [4.78, 5) is 27.3. The van der Waals surface area contributed by atoms with Crippen molar-refractivity contribution < 1.29 is 31.0 Å². The van der Waals surface area contributed by atoms with Crippen molar-refractivity contribution in [3.8, 4) is 0 Å². The number of primary sulfonamides is 1. The number of nitrogens with zero attached hydrogens (tertiary/aromatic N) is 1. The third-order valence-electron chi connectivity index (χ3n) is 4.86. The van der Waals surface area contributed by atoms with Gasteiger partial charge < -0.3 is 4.90 Å². The Labute approximate surface area is 174 Å². The van der Waals surface area contributed by atoms with Crippen molar-refractivity contribution >= 4 is 31.7 Å². The number of carbonyl (C=O) groups is 2. The molecular formula is C19H20N2O7S2.